The Morgan fingerprint density at radius 1 is 0.977 bits per heavy atom. The van der Waals surface area contributed by atoms with Gasteiger partial charge < -0.3 is 19.8 Å². The summed E-state index contributed by atoms with van der Waals surface area (Å²) in [5.74, 6) is -0.922. The lowest BCUT2D eigenvalue weighted by Crippen LogP contribution is -2.25. The molecule has 1 amide bonds. The summed E-state index contributed by atoms with van der Waals surface area (Å²) in [4.78, 5) is 29.3. The summed E-state index contributed by atoms with van der Waals surface area (Å²) in [7, 11) is 0. The predicted octanol–water partition coefficient (Wildman–Crippen LogP) is 7.11. The molecule has 43 heavy (non-hydrogen) atoms. The summed E-state index contributed by atoms with van der Waals surface area (Å²) in [5.41, 5.74) is 0.841. The van der Waals surface area contributed by atoms with Crippen molar-refractivity contribution in [1.29, 1.82) is 0 Å². The van der Waals surface area contributed by atoms with Crippen LogP contribution in [0.5, 0.6) is 11.5 Å². The Morgan fingerprint density at radius 2 is 1.65 bits per heavy atom. The molecule has 1 saturated carbocycles. The molecular formula is C29H24F6N4O4. The van der Waals surface area contributed by atoms with E-state index in [0.29, 0.717) is 22.6 Å². The molecule has 0 bridgehead atoms. The van der Waals surface area contributed by atoms with E-state index >= 15 is 0 Å². The summed E-state index contributed by atoms with van der Waals surface area (Å²) < 4.78 is 85.5. The smallest absolute Gasteiger partial charge is 0.494 e. The highest BCUT2D eigenvalue weighted by atomic mass is 19.4. The van der Waals surface area contributed by atoms with Crippen LogP contribution in [0.15, 0.2) is 71.8 Å². The highest BCUT2D eigenvalue weighted by molar-refractivity contribution is 6.08. The molecule has 2 N–H and O–H groups in total. The average molecular weight is 607 g/mol. The Morgan fingerprint density at radius 3 is 2.28 bits per heavy atom. The van der Waals surface area contributed by atoms with Crippen molar-refractivity contribution in [3.63, 3.8) is 0 Å². The van der Waals surface area contributed by atoms with E-state index in [1.165, 1.54) is 18.3 Å². The zero-order valence-electron chi connectivity index (χ0n) is 22.3. The zero-order chi connectivity index (χ0) is 30.8. The maximum atomic E-state index is 13.3. The number of ether oxygens (including phenoxy) is 2. The van der Waals surface area contributed by atoms with Gasteiger partial charge in [0.15, 0.2) is 0 Å². The van der Waals surface area contributed by atoms with Crippen molar-refractivity contribution in [2.75, 3.05) is 11.9 Å². The van der Waals surface area contributed by atoms with Gasteiger partial charge in [0, 0.05) is 35.1 Å². The van der Waals surface area contributed by atoms with Gasteiger partial charge in [0.05, 0.1) is 18.8 Å². The van der Waals surface area contributed by atoms with Crippen molar-refractivity contribution in [2.45, 2.75) is 44.3 Å². The first kappa shape index (κ1) is 29.7. The first-order valence-corrected chi connectivity index (χ1v) is 13.1. The number of aromatic amines is 1. The molecule has 2 aromatic heterocycles. The minimum absolute atomic E-state index is 0.118. The van der Waals surface area contributed by atoms with Crippen molar-refractivity contribution in [1.82, 2.24) is 14.8 Å². The summed E-state index contributed by atoms with van der Waals surface area (Å²) in [5, 5.41) is 6.88. The average Bonchev–Trinajstić information content (AvgIpc) is 3.67. The van der Waals surface area contributed by atoms with Crippen LogP contribution in [0, 0.1) is 0 Å². The first-order valence-electron chi connectivity index (χ1n) is 13.1. The lowest BCUT2D eigenvalue weighted by atomic mass is 10.00. The molecular weight excluding hydrogens is 582 g/mol. The number of alkyl halides is 6. The van der Waals surface area contributed by atoms with Crippen molar-refractivity contribution < 1.29 is 40.6 Å². The minimum Gasteiger partial charge on any atom is -0.494 e. The quantitative estimate of drug-likeness (QED) is 0.148. The second-order valence-electron chi connectivity index (χ2n) is 9.86. The number of carbonyl (C=O) groups is 1. The molecule has 0 aliphatic heterocycles. The van der Waals surface area contributed by atoms with E-state index < -0.39 is 36.2 Å². The third-order valence-electron chi connectivity index (χ3n) is 6.48. The molecule has 1 aliphatic carbocycles. The predicted molar refractivity (Wildman–Crippen MR) is 144 cm³/mol. The first-order chi connectivity index (χ1) is 20.3. The van der Waals surface area contributed by atoms with Gasteiger partial charge in [-0.2, -0.15) is 18.3 Å². The number of benzene rings is 2. The van der Waals surface area contributed by atoms with Gasteiger partial charge in [-0.1, -0.05) is 0 Å². The van der Waals surface area contributed by atoms with Crippen LogP contribution >= 0.6 is 0 Å². The van der Waals surface area contributed by atoms with Crippen molar-refractivity contribution in [2.24, 2.45) is 0 Å². The molecule has 0 atom stereocenters. The minimum atomic E-state index is -4.87. The molecule has 4 aromatic rings. The summed E-state index contributed by atoms with van der Waals surface area (Å²) in [6, 6.07) is 12.6. The van der Waals surface area contributed by atoms with Gasteiger partial charge in [0.25, 0.3) is 11.5 Å². The van der Waals surface area contributed by atoms with E-state index in [0.717, 1.165) is 25.0 Å². The number of aromatic nitrogens is 3. The van der Waals surface area contributed by atoms with Gasteiger partial charge >= 0.3 is 12.5 Å². The largest absolute Gasteiger partial charge is 0.573 e. The van der Waals surface area contributed by atoms with Gasteiger partial charge in [-0.15, -0.1) is 13.2 Å². The monoisotopic (exact) mass is 606 g/mol. The number of anilines is 1. The Balaban J connectivity index is 1.40. The van der Waals surface area contributed by atoms with Crippen LogP contribution in [-0.2, 0) is 0 Å². The molecule has 1 aliphatic rings. The topological polar surface area (TPSA) is 98.2 Å². The van der Waals surface area contributed by atoms with Gasteiger partial charge in [0.2, 0.25) is 0 Å². The van der Waals surface area contributed by atoms with E-state index in [2.05, 4.69) is 20.1 Å². The van der Waals surface area contributed by atoms with Gasteiger partial charge in [-0.3, -0.25) is 14.3 Å². The SMILES string of the molecule is O=C(Nc1ccc(OC(F)(F)F)cc1)c1c(-c2cnn(C3CC3)c2)cc(-c2ccc(OCCCC(F)(F)F)cc2)[nH]c1=O. The number of rotatable bonds is 10. The van der Waals surface area contributed by atoms with Crippen LogP contribution in [-0.4, -0.2) is 39.8 Å². The Bertz CT molecular complexity index is 1640. The molecule has 0 radical (unpaired) electrons. The summed E-state index contributed by atoms with van der Waals surface area (Å²) >= 11 is 0. The number of nitrogens with zero attached hydrogens (tertiary/aromatic N) is 2. The van der Waals surface area contributed by atoms with E-state index in [4.69, 9.17) is 4.74 Å². The number of hydrogen-bond acceptors (Lipinski definition) is 5. The standard InChI is InChI=1S/C29H24F6N4O4/c30-28(31,32)12-1-13-42-21-8-2-17(3-9-21)24-14-23(18-15-36-39(16-18)20-6-7-20)25(27(41)38-24)26(40)37-19-4-10-22(11-5-19)43-29(33,34)35/h2-5,8-11,14-16,20H,1,6-7,12-13H2,(H,37,40)(H,38,41). The molecule has 2 aromatic carbocycles. The third-order valence-corrected chi connectivity index (χ3v) is 6.48. The molecule has 2 heterocycles. The highest BCUT2D eigenvalue weighted by Gasteiger charge is 2.31. The molecule has 0 saturated heterocycles. The van der Waals surface area contributed by atoms with E-state index in [9.17, 15) is 35.9 Å². The molecule has 14 heteroatoms. The maximum absolute atomic E-state index is 13.3. The lowest BCUT2D eigenvalue weighted by molar-refractivity contribution is -0.274. The normalized spacial score (nSPS) is 13.5. The molecule has 226 valence electrons. The number of amides is 1. The van der Waals surface area contributed by atoms with Crippen molar-refractivity contribution in [3.05, 3.63) is 82.9 Å². The van der Waals surface area contributed by atoms with Crippen LogP contribution < -0.4 is 20.3 Å². The van der Waals surface area contributed by atoms with Crippen molar-refractivity contribution >= 4 is 11.6 Å². The number of nitrogens with one attached hydrogen (secondary N) is 2. The van der Waals surface area contributed by atoms with Crippen LogP contribution in [0.1, 0.15) is 42.1 Å². The van der Waals surface area contributed by atoms with E-state index in [-0.39, 0.29) is 35.9 Å². The number of halogens is 6. The summed E-state index contributed by atoms with van der Waals surface area (Å²) in [6.45, 7) is -0.118. The maximum Gasteiger partial charge on any atom is 0.573 e. The van der Waals surface area contributed by atoms with Crippen LogP contribution in [0.25, 0.3) is 22.4 Å². The molecule has 0 spiro atoms. The van der Waals surface area contributed by atoms with Crippen molar-refractivity contribution in [3.8, 4) is 33.9 Å². The molecule has 8 nitrogen and oxygen atoms in total. The second-order valence-corrected chi connectivity index (χ2v) is 9.86. The van der Waals surface area contributed by atoms with Gasteiger partial charge in [-0.05, 0) is 79.4 Å². The van der Waals surface area contributed by atoms with E-state index in [1.807, 2.05) is 0 Å². The van der Waals surface area contributed by atoms with Gasteiger partial charge in [0.1, 0.15) is 17.1 Å². The Labute approximate surface area is 240 Å². The highest BCUT2D eigenvalue weighted by Crippen LogP contribution is 2.36. The molecule has 0 unspecified atom stereocenters. The van der Waals surface area contributed by atoms with E-state index in [1.54, 1.807) is 41.2 Å². The van der Waals surface area contributed by atoms with Gasteiger partial charge in [-0.25, -0.2) is 0 Å². The lowest BCUT2D eigenvalue weighted by Gasteiger charge is -2.13. The zero-order valence-corrected chi connectivity index (χ0v) is 22.3. The third kappa shape index (κ3) is 7.96. The fourth-order valence-corrected chi connectivity index (χ4v) is 4.31. The number of H-pyrrole nitrogens is 1. The Hall–Kier alpha value is -4.75. The van der Waals surface area contributed by atoms with Crippen LogP contribution in [0.3, 0.4) is 0 Å². The van der Waals surface area contributed by atoms with Crippen LogP contribution in [0.4, 0.5) is 32.0 Å². The molecule has 5 rings (SSSR count). The fourth-order valence-electron chi connectivity index (χ4n) is 4.31. The summed E-state index contributed by atoms with van der Waals surface area (Å²) in [6.07, 6.45) is -5.10. The molecule has 1 fully saturated rings. The number of carbonyl (C=O) groups excluding carboxylic acids is 1. The fraction of sp³-hybridized carbons (Fsp3) is 0.276. The number of hydrogen-bond donors (Lipinski definition) is 2. The Kier molecular flexibility index (Phi) is 8.20. The second kappa shape index (κ2) is 11.9. The number of pyridine rings is 1. The van der Waals surface area contributed by atoms with Crippen LogP contribution in [0.2, 0.25) is 0 Å².